The van der Waals surface area contributed by atoms with E-state index in [1.54, 1.807) is 18.8 Å². The van der Waals surface area contributed by atoms with Crippen LogP contribution in [0.1, 0.15) is 5.56 Å². The molecule has 0 N–H and O–H groups in total. The number of ether oxygens (including phenoxy) is 2. The zero-order chi connectivity index (χ0) is 19.7. The summed E-state index contributed by atoms with van der Waals surface area (Å²) in [5.74, 6) is 1.29. The molecule has 0 bridgehead atoms. The van der Waals surface area contributed by atoms with Gasteiger partial charge < -0.3 is 14.4 Å². The van der Waals surface area contributed by atoms with Crippen molar-refractivity contribution in [3.05, 3.63) is 71.3 Å². The molecule has 1 aliphatic heterocycles. The van der Waals surface area contributed by atoms with Gasteiger partial charge in [0.2, 0.25) is 0 Å². The number of fused-ring (bicyclic) bond motifs is 1. The molecule has 1 aromatic heterocycles. The van der Waals surface area contributed by atoms with Gasteiger partial charge in [-0.25, -0.2) is 4.99 Å². The van der Waals surface area contributed by atoms with Crippen molar-refractivity contribution in [3.63, 3.8) is 0 Å². The molecule has 1 aliphatic rings. The van der Waals surface area contributed by atoms with Gasteiger partial charge in [0.15, 0.2) is 16.3 Å². The number of benzene rings is 2. The topological polar surface area (TPSA) is 56.1 Å². The van der Waals surface area contributed by atoms with Gasteiger partial charge >= 0.3 is 0 Å². The lowest BCUT2D eigenvalue weighted by molar-refractivity contribution is 0.355. The average molecular weight is 507 g/mol. The maximum Gasteiger partial charge on any atom is 0.271 e. The second-order valence-electron chi connectivity index (χ2n) is 6.20. The summed E-state index contributed by atoms with van der Waals surface area (Å²) in [6.07, 6.45) is 1.87. The van der Waals surface area contributed by atoms with Crippen LogP contribution in [0.15, 0.2) is 52.3 Å². The van der Waals surface area contributed by atoms with E-state index in [1.807, 2.05) is 24.3 Å². The largest absolute Gasteiger partial charge is 0.493 e. The number of hydrogen-bond donors (Lipinski definition) is 0. The second kappa shape index (κ2) is 7.96. The van der Waals surface area contributed by atoms with Crippen molar-refractivity contribution < 1.29 is 9.47 Å². The standard InChI is InChI=1S/C20H18IN3O3S/c1-26-16-8-3-13(9-17(16)27-2)10-18-19(25)24-12-23(11-22-20(24)28-18)15-6-4-14(21)5-7-15/h3-10H,11-12H2,1-2H3/b18-10-. The van der Waals surface area contributed by atoms with Gasteiger partial charge in [-0.3, -0.25) is 9.36 Å². The van der Waals surface area contributed by atoms with Crippen molar-refractivity contribution >= 4 is 45.7 Å². The highest BCUT2D eigenvalue weighted by Gasteiger charge is 2.16. The molecule has 0 fully saturated rings. The third-order valence-electron chi connectivity index (χ3n) is 4.47. The fourth-order valence-electron chi connectivity index (χ4n) is 3.02. The molecule has 4 rings (SSSR count). The van der Waals surface area contributed by atoms with Crippen LogP contribution in [0.5, 0.6) is 11.5 Å². The number of nitrogens with zero attached hydrogens (tertiary/aromatic N) is 3. The smallest absolute Gasteiger partial charge is 0.271 e. The Kier molecular flexibility index (Phi) is 5.40. The third-order valence-corrected chi connectivity index (χ3v) is 6.24. The zero-order valence-corrected chi connectivity index (χ0v) is 18.4. The first kappa shape index (κ1) is 19.0. The predicted molar refractivity (Wildman–Crippen MR) is 119 cm³/mol. The summed E-state index contributed by atoms with van der Waals surface area (Å²) in [6, 6.07) is 13.8. The number of thiazole rings is 1. The average Bonchev–Trinajstić information content (AvgIpc) is 3.03. The lowest BCUT2D eigenvalue weighted by Gasteiger charge is -2.25. The summed E-state index contributed by atoms with van der Waals surface area (Å²) in [6.45, 7) is 1.03. The van der Waals surface area contributed by atoms with Gasteiger partial charge in [0.1, 0.15) is 13.3 Å². The van der Waals surface area contributed by atoms with E-state index < -0.39 is 0 Å². The van der Waals surface area contributed by atoms with E-state index in [9.17, 15) is 4.79 Å². The molecule has 2 heterocycles. The highest BCUT2D eigenvalue weighted by atomic mass is 127. The zero-order valence-electron chi connectivity index (χ0n) is 15.4. The quantitative estimate of drug-likeness (QED) is 0.510. The molecule has 0 amide bonds. The minimum absolute atomic E-state index is 0.0336. The van der Waals surface area contributed by atoms with E-state index in [1.165, 1.54) is 14.9 Å². The van der Waals surface area contributed by atoms with E-state index in [4.69, 9.17) is 9.47 Å². The normalized spacial score (nSPS) is 13.8. The summed E-state index contributed by atoms with van der Waals surface area (Å²) in [7, 11) is 3.19. The molecule has 0 saturated heterocycles. The molecule has 144 valence electrons. The van der Waals surface area contributed by atoms with Crippen molar-refractivity contribution in [2.45, 2.75) is 6.67 Å². The van der Waals surface area contributed by atoms with Crippen molar-refractivity contribution in [1.29, 1.82) is 0 Å². The monoisotopic (exact) mass is 507 g/mol. The van der Waals surface area contributed by atoms with Crippen LogP contribution in [-0.2, 0) is 6.67 Å². The number of methoxy groups -OCH3 is 2. The number of halogens is 1. The Morgan fingerprint density at radius 2 is 1.86 bits per heavy atom. The highest BCUT2D eigenvalue weighted by molar-refractivity contribution is 14.1. The van der Waals surface area contributed by atoms with Crippen LogP contribution in [-0.4, -0.2) is 25.5 Å². The first-order valence-electron chi connectivity index (χ1n) is 8.57. The van der Waals surface area contributed by atoms with Gasteiger partial charge in [0.05, 0.1) is 18.8 Å². The van der Waals surface area contributed by atoms with Crippen LogP contribution >= 0.6 is 33.9 Å². The van der Waals surface area contributed by atoms with Gasteiger partial charge in [0, 0.05) is 9.26 Å². The van der Waals surface area contributed by atoms with E-state index in [0.717, 1.165) is 16.1 Å². The summed E-state index contributed by atoms with van der Waals surface area (Å²) < 4.78 is 14.2. The molecule has 0 radical (unpaired) electrons. The Labute approximate surface area is 179 Å². The van der Waals surface area contributed by atoms with Crippen LogP contribution in [0.3, 0.4) is 0 Å². The molecule has 0 spiro atoms. The number of anilines is 1. The third kappa shape index (κ3) is 3.66. The summed E-state index contributed by atoms with van der Waals surface area (Å²) >= 11 is 3.69. The lowest BCUT2D eigenvalue weighted by Crippen LogP contribution is -2.42. The fourth-order valence-corrected chi connectivity index (χ4v) is 4.34. The Hall–Kier alpha value is -2.33. The summed E-state index contributed by atoms with van der Waals surface area (Å²) in [5.41, 5.74) is 1.90. The maximum atomic E-state index is 12.9. The van der Waals surface area contributed by atoms with Crippen molar-refractivity contribution in [1.82, 2.24) is 4.57 Å². The Balaban J connectivity index is 1.69. The summed E-state index contributed by atoms with van der Waals surface area (Å²) in [4.78, 5) is 20.4. The van der Waals surface area contributed by atoms with Crippen molar-refractivity contribution in [3.8, 4) is 11.5 Å². The number of rotatable bonds is 4. The molecular weight excluding hydrogens is 489 g/mol. The molecule has 6 nitrogen and oxygen atoms in total. The van der Waals surface area contributed by atoms with Crippen LogP contribution in [0.25, 0.3) is 6.08 Å². The summed E-state index contributed by atoms with van der Waals surface area (Å²) in [5, 5.41) is 0. The first-order valence-corrected chi connectivity index (χ1v) is 10.5. The number of aromatic nitrogens is 1. The van der Waals surface area contributed by atoms with Crippen molar-refractivity contribution in [2.24, 2.45) is 4.99 Å². The van der Waals surface area contributed by atoms with Gasteiger partial charge in [0.25, 0.3) is 5.56 Å². The molecule has 0 saturated carbocycles. The van der Waals surface area contributed by atoms with Gasteiger partial charge in [-0.15, -0.1) is 0 Å². The molecule has 8 heteroatoms. The van der Waals surface area contributed by atoms with Crippen LogP contribution in [0.4, 0.5) is 5.69 Å². The molecule has 0 atom stereocenters. The Morgan fingerprint density at radius 3 is 2.57 bits per heavy atom. The fraction of sp³-hybridized carbons (Fsp3) is 0.200. The molecule has 3 aromatic rings. The molecule has 0 unspecified atom stereocenters. The molecule has 0 aliphatic carbocycles. The minimum atomic E-state index is -0.0336. The Bertz CT molecular complexity index is 1180. The highest BCUT2D eigenvalue weighted by Crippen LogP contribution is 2.27. The lowest BCUT2D eigenvalue weighted by atomic mass is 10.2. The van der Waals surface area contributed by atoms with Gasteiger partial charge in [-0.2, -0.15) is 0 Å². The SMILES string of the molecule is COc1ccc(/C=c2\sc3n(c2=O)CN(c2ccc(I)cc2)CN=3)cc1OC. The first-order chi connectivity index (χ1) is 13.6. The van der Waals surface area contributed by atoms with E-state index in [0.29, 0.717) is 29.4 Å². The van der Waals surface area contributed by atoms with Crippen LogP contribution < -0.4 is 29.3 Å². The Morgan fingerprint density at radius 1 is 1.11 bits per heavy atom. The van der Waals surface area contributed by atoms with E-state index in [2.05, 4.69) is 56.7 Å². The minimum Gasteiger partial charge on any atom is -0.493 e. The van der Waals surface area contributed by atoms with E-state index >= 15 is 0 Å². The molecule has 28 heavy (non-hydrogen) atoms. The van der Waals surface area contributed by atoms with Crippen LogP contribution in [0.2, 0.25) is 0 Å². The van der Waals surface area contributed by atoms with Gasteiger partial charge in [-0.1, -0.05) is 17.4 Å². The van der Waals surface area contributed by atoms with E-state index in [-0.39, 0.29) is 5.56 Å². The van der Waals surface area contributed by atoms with Crippen molar-refractivity contribution in [2.75, 3.05) is 25.8 Å². The molecular formula is C20H18IN3O3S. The molecule has 2 aromatic carbocycles. The predicted octanol–water partition coefficient (Wildman–Crippen LogP) is 2.42. The number of hydrogen-bond acceptors (Lipinski definition) is 6. The van der Waals surface area contributed by atoms with Crippen LogP contribution in [0, 0.1) is 3.57 Å². The van der Waals surface area contributed by atoms with Gasteiger partial charge in [-0.05, 0) is 70.6 Å². The second-order valence-corrected chi connectivity index (χ2v) is 8.45. The maximum absolute atomic E-state index is 12.9.